The topological polar surface area (TPSA) is 122 Å². The zero-order valence-corrected chi connectivity index (χ0v) is 18.0. The first kappa shape index (κ1) is 23.9. The number of carboxylic acid groups (broad SMARTS) is 1. The molecule has 0 aliphatic carbocycles. The number of nitrogens with one attached hydrogen (secondary N) is 1. The second kappa shape index (κ2) is 11.7. The summed E-state index contributed by atoms with van der Waals surface area (Å²) >= 11 is 0. The number of aliphatic carboxylic acids is 1. The molecule has 1 aliphatic rings. The summed E-state index contributed by atoms with van der Waals surface area (Å²) in [5.41, 5.74) is 0.441. The maximum absolute atomic E-state index is 12.5. The molecule has 4 atom stereocenters. The molecule has 1 aromatic carbocycles. The Bertz CT molecular complexity index is 759. The maximum atomic E-state index is 12.5. The van der Waals surface area contributed by atoms with Crippen LogP contribution in [0.25, 0.3) is 0 Å². The predicted molar refractivity (Wildman–Crippen MR) is 109 cm³/mol. The molecular weight excluding hydrogens is 411 g/mol. The van der Waals surface area contributed by atoms with Crippen LogP contribution in [0, 0.1) is 0 Å². The maximum Gasteiger partial charge on any atom is 0.700 e. The van der Waals surface area contributed by atoms with E-state index in [-0.39, 0.29) is 5.91 Å². The molecule has 0 radical (unpaired) electrons. The Hall–Kier alpha value is -2.35. The van der Waals surface area contributed by atoms with Crippen LogP contribution in [0.15, 0.2) is 30.3 Å². The van der Waals surface area contributed by atoms with Crippen LogP contribution >= 0.6 is 8.25 Å². The lowest BCUT2D eigenvalue weighted by Gasteiger charge is -2.22. The number of carboxylic acids is 1. The number of likely N-dealkylation sites (tertiary alicyclic amines) is 1. The van der Waals surface area contributed by atoms with Crippen LogP contribution in [0.5, 0.6) is 0 Å². The molecule has 30 heavy (non-hydrogen) atoms. The molecule has 2 N–H and O–H groups in total. The van der Waals surface area contributed by atoms with Crippen LogP contribution in [-0.2, 0) is 23.2 Å². The number of unbranched alkanes of at least 4 members (excludes halogenated alkanes) is 1. The molecule has 0 aromatic heterocycles. The van der Waals surface area contributed by atoms with Crippen molar-refractivity contribution < 1.29 is 33.1 Å². The molecule has 1 heterocycles. The molecule has 1 aromatic rings. The highest BCUT2D eigenvalue weighted by Gasteiger charge is 2.40. The van der Waals surface area contributed by atoms with Crippen molar-refractivity contribution in [2.45, 2.75) is 64.3 Å². The van der Waals surface area contributed by atoms with E-state index in [9.17, 15) is 24.1 Å². The molecule has 164 valence electrons. The van der Waals surface area contributed by atoms with Crippen molar-refractivity contribution in [1.82, 2.24) is 10.2 Å². The molecule has 0 bridgehead atoms. The molecule has 0 spiro atoms. The van der Waals surface area contributed by atoms with Gasteiger partial charge in [-0.2, -0.15) is 0 Å². The average Bonchev–Trinajstić information content (AvgIpc) is 3.22. The van der Waals surface area contributed by atoms with Gasteiger partial charge in [0.1, 0.15) is 6.04 Å². The van der Waals surface area contributed by atoms with E-state index >= 15 is 0 Å². The fourth-order valence-corrected chi connectivity index (χ4v) is 3.95. The van der Waals surface area contributed by atoms with Gasteiger partial charge in [0.15, 0.2) is 12.3 Å². The highest BCUT2D eigenvalue weighted by Crippen LogP contribution is 2.30. The fourth-order valence-electron chi connectivity index (χ4n) is 3.18. The number of hydrogen-bond acceptors (Lipinski definition) is 6. The molecule has 1 saturated heterocycles. The van der Waals surface area contributed by atoms with E-state index in [2.05, 4.69) is 5.32 Å². The third kappa shape index (κ3) is 6.86. The Balaban J connectivity index is 1.93. The van der Waals surface area contributed by atoms with Crippen LogP contribution in [0.3, 0.4) is 0 Å². The minimum Gasteiger partial charge on any atom is -0.480 e. The van der Waals surface area contributed by atoms with E-state index in [1.165, 1.54) is 11.8 Å². The number of carbonyl (C=O) groups is 3. The van der Waals surface area contributed by atoms with Crippen molar-refractivity contribution >= 4 is 26.0 Å². The molecule has 2 amide bonds. The minimum atomic E-state index is -2.71. The van der Waals surface area contributed by atoms with Crippen molar-refractivity contribution in [3.63, 3.8) is 0 Å². The van der Waals surface area contributed by atoms with E-state index in [0.29, 0.717) is 31.4 Å². The van der Waals surface area contributed by atoms with Crippen molar-refractivity contribution in [1.29, 1.82) is 0 Å². The van der Waals surface area contributed by atoms with E-state index in [4.69, 9.17) is 9.05 Å². The van der Waals surface area contributed by atoms with Gasteiger partial charge in [0.2, 0.25) is 0 Å². The fraction of sp³-hybridized carbons (Fsp3) is 0.550. The van der Waals surface area contributed by atoms with Gasteiger partial charge in [0.05, 0.1) is 0 Å². The predicted octanol–water partition coefficient (Wildman–Crippen LogP) is 3.09. The zero-order valence-electron chi connectivity index (χ0n) is 17.2. The van der Waals surface area contributed by atoms with Gasteiger partial charge in [0, 0.05) is 16.7 Å². The molecule has 1 aliphatic heterocycles. The lowest BCUT2D eigenvalue weighted by atomic mass is 10.2. The molecule has 10 heteroatoms. The molecule has 9 nitrogen and oxygen atoms in total. The summed E-state index contributed by atoms with van der Waals surface area (Å²) in [6, 6.07) is 7.66. The second-order valence-electron chi connectivity index (χ2n) is 7.07. The van der Waals surface area contributed by atoms with Crippen LogP contribution in [0.4, 0.5) is 0 Å². The minimum absolute atomic E-state index is 0.313. The van der Waals surface area contributed by atoms with Crippen LogP contribution in [0.1, 0.15) is 56.3 Å². The van der Waals surface area contributed by atoms with Gasteiger partial charge in [-0.3, -0.25) is 9.59 Å². The molecular formula is C20H28N2O7P+. The van der Waals surface area contributed by atoms with Crippen LogP contribution in [-0.4, -0.2) is 52.7 Å². The second-order valence-corrected chi connectivity index (χ2v) is 7.94. The summed E-state index contributed by atoms with van der Waals surface area (Å²) < 4.78 is 22.9. The van der Waals surface area contributed by atoms with E-state index < -0.39 is 38.5 Å². The lowest BCUT2D eigenvalue weighted by Crippen LogP contribution is -2.45. The summed E-state index contributed by atoms with van der Waals surface area (Å²) in [4.78, 5) is 37.4. The largest absolute Gasteiger partial charge is 0.700 e. The quantitative estimate of drug-likeness (QED) is 0.401. The third-order valence-electron chi connectivity index (χ3n) is 4.77. The Morgan fingerprint density at radius 2 is 1.97 bits per heavy atom. The zero-order chi connectivity index (χ0) is 22.1. The summed E-state index contributed by atoms with van der Waals surface area (Å²) in [6.45, 7) is 3.69. The smallest absolute Gasteiger partial charge is 0.480 e. The van der Waals surface area contributed by atoms with E-state index in [1.54, 1.807) is 30.3 Å². The van der Waals surface area contributed by atoms with Gasteiger partial charge < -0.3 is 15.3 Å². The van der Waals surface area contributed by atoms with Gasteiger partial charge in [0.25, 0.3) is 11.8 Å². The average molecular weight is 439 g/mol. The Morgan fingerprint density at radius 3 is 2.60 bits per heavy atom. The Labute approximate surface area is 176 Å². The number of nitrogens with zero attached hydrogens (tertiary/aromatic N) is 1. The molecule has 2 rings (SSSR count). The summed E-state index contributed by atoms with van der Waals surface area (Å²) in [6.07, 6.45) is 0.982. The summed E-state index contributed by atoms with van der Waals surface area (Å²) in [5.74, 6) is -1.99. The standard InChI is InChI=1S/C20H27N2O7P/c1-3-4-12-17(21-18(23)15-9-6-5-7-10-15)29-30(27)28-14(2)19(24)22-13-8-11-16(22)20(25)26/h5-7,9-10,14,16-17H,3-4,8,11-13H2,1-2H3,(H-,21,23,25,26)/p+1/t14?,16-,17-/m0/s1. The van der Waals surface area contributed by atoms with Crippen molar-refractivity contribution in [2.24, 2.45) is 0 Å². The van der Waals surface area contributed by atoms with Gasteiger partial charge in [-0.05, 0) is 44.7 Å². The monoisotopic (exact) mass is 439 g/mol. The SMILES string of the molecule is CCCC[C@@H](NC(=O)c1ccccc1)O[P+](=O)OC(C)C(=O)N1CCC[C@H]1C(=O)O. The Morgan fingerprint density at radius 1 is 1.27 bits per heavy atom. The molecule has 0 saturated carbocycles. The van der Waals surface area contributed by atoms with Crippen molar-refractivity contribution in [3.8, 4) is 0 Å². The summed E-state index contributed by atoms with van der Waals surface area (Å²) in [5, 5.41) is 11.9. The van der Waals surface area contributed by atoms with Crippen LogP contribution in [0.2, 0.25) is 0 Å². The number of rotatable bonds is 11. The number of carbonyl (C=O) groups excluding carboxylic acids is 2. The number of hydrogen-bond donors (Lipinski definition) is 2. The lowest BCUT2D eigenvalue weighted by molar-refractivity contribution is -0.151. The third-order valence-corrected chi connectivity index (χ3v) is 5.69. The first-order chi connectivity index (χ1) is 14.3. The molecule has 2 unspecified atom stereocenters. The van der Waals surface area contributed by atoms with Gasteiger partial charge >= 0.3 is 14.2 Å². The first-order valence-electron chi connectivity index (χ1n) is 10.0. The van der Waals surface area contributed by atoms with Crippen molar-refractivity contribution in [3.05, 3.63) is 35.9 Å². The van der Waals surface area contributed by atoms with Crippen molar-refractivity contribution in [2.75, 3.05) is 6.54 Å². The van der Waals surface area contributed by atoms with Crippen LogP contribution < -0.4 is 5.32 Å². The van der Waals surface area contributed by atoms with E-state index in [1.807, 2.05) is 6.92 Å². The molecule has 1 fully saturated rings. The van der Waals surface area contributed by atoms with E-state index in [0.717, 1.165) is 12.8 Å². The van der Waals surface area contributed by atoms with Gasteiger partial charge in [-0.25, -0.2) is 4.79 Å². The number of benzene rings is 1. The summed E-state index contributed by atoms with van der Waals surface area (Å²) in [7, 11) is -2.71. The Kier molecular flexibility index (Phi) is 9.36. The van der Waals surface area contributed by atoms with Gasteiger partial charge in [-0.1, -0.05) is 36.1 Å². The normalized spacial score (nSPS) is 18.5. The van der Waals surface area contributed by atoms with Gasteiger partial charge in [-0.15, -0.1) is 4.52 Å². The highest BCUT2D eigenvalue weighted by molar-refractivity contribution is 7.33. The number of amides is 2. The highest BCUT2D eigenvalue weighted by atomic mass is 31.1. The first-order valence-corrected chi connectivity index (χ1v) is 11.1.